The minimum Gasteiger partial charge on any atom is -0.394 e. The van der Waals surface area contributed by atoms with Gasteiger partial charge in [0.15, 0.2) is 0 Å². The maximum atomic E-state index is 12.2. The number of aliphatic hydroxyl groups excluding tert-OH is 1. The van der Waals surface area contributed by atoms with Crippen molar-refractivity contribution in [3.05, 3.63) is 71.3 Å². The maximum Gasteiger partial charge on any atom is 0.332 e. The lowest BCUT2D eigenvalue weighted by atomic mass is 9.92. The van der Waals surface area contributed by atoms with Crippen LogP contribution in [0, 0.1) is 5.92 Å². The lowest BCUT2D eigenvalue weighted by Crippen LogP contribution is -2.38. The van der Waals surface area contributed by atoms with Gasteiger partial charge in [0.1, 0.15) is 0 Å². The number of carbonyl (C=O) groups excluding carboxylic acids is 3. The molecule has 3 rings (SSSR count). The van der Waals surface area contributed by atoms with Crippen molar-refractivity contribution in [3.63, 3.8) is 0 Å². The van der Waals surface area contributed by atoms with Crippen molar-refractivity contribution in [2.75, 3.05) is 86.3 Å². The Hall–Kier alpha value is -3.39. The molecule has 1 aliphatic rings. The van der Waals surface area contributed by atoms with E-state index in [1.165, 1.54) is 11.1 Å². The number of aryl methyl sites for hydroxylation is 2. The fraction of sp³-hybridized carbons (Fsp3) is 0.625. The molecule has 0 atom stereocenters. The molecule has 12 nitrogen and oxygen atoms in total. The summed E-state index contributed by atoms with van der Waals surface area (Å²) in [7, 11) is 1.64. The number of hydroxylamine groups is 1. The molecular formula is C40H62N2O10. The van der Waals surface area contributed by atoms with Gasteiger partial charge in [-0.05, 0) is 67.6 Å². The van der Waals surface area contributed by atoms with E-state index < -0.39 is 5.97 Å². The number of likely N-dealkylation sites (tertiary alicyclic amines) is 1. The maximum absolute atomic E-state index is 12.2. The minimum absolute atomic E-state index is 0.0478. The number of aliphatic hydroxyl groups is 1. The van der Waals surface area contributed by atoms with Crippen LogP contribution in [0.2, 0.25) is 0 Å². The summed E-state index contributed by atoms with van der Waals surface area (Å²) in [6.07, 6.45) is 7.91. The second-order valence-corrected chi connectivity index (χ2v) is 12.6. The average Bonchev–Trinajstić information content (AvgIpc) is 3.18. The van der Waals surface area contributed by atoms with Crippen molar-refractivity contribution in [2.45, 2.75) is 71.1 Å². The Morgan fingerprint density at radius 2 is 1.25 bits per heavy atom. The number of hydrogen-bond acceptors (Lipinski definition) is 10. The van der Waals surface area contributed by atoms with Crippen molar-refractivity contribution in [3.8, 4) is 0 Å². The Kier molecular flexibility index (Phi) is 25.9. The number of rotatable bonds is 25. The van der Waals surface area contributed by atoms with Crippen molar-refractivity contribution < 1.29 is 48.0 Å². The number of hydrogen-bond donors (Lipinski definition) is 2. The molecule has 292 valence electrons. The van der Waals surface area contributed by atoms with E-state index >= 15 is 0 Å². The topological polar surface area (TPSA) is 142 Å². The van der Waals surface area contributed by atoms with Crippen molar-refractivity contribution in [2.24, 2.45) is 5.92 Å². The molecule has 1 aliphatic heterocycles. The van der Waals surface area contributed by atoms with Gasteiger partial charge in [-0.25, -0.2) is 4.79 Å². The number of ether oxygens (including phenoxy) is 5. The largest absolute Gasteiger partial charge is 0.394 e. The van der Waals surface area contributed by atoms with E-state index in [0.717, 1.165) is 63.6 Å². The summed E-state index contributed by atoms with van der Waals surface area (Å²) in [5.74, 6) is -0.147. The molecule has 0 radical (unpaired) electrons. The summed E-state index contributed by atoms with van der Waals surface area (Å²) in [5, 5.41) is 8.44. The van der Waals surface area contributed by atoms with Crippen LogP contribution in [-0.4, -0.2) is 114 Å². The van der Waals surface area contributed by atoms with Crippen molar-refractivity contribution >= 4 is 17.8 Å². The summed E-state index contributed by atoms with van der Waals surface area (Å²) < 4.78 is 25.6. The predicted molar refractivity (Wildman–Crippen MR) is 199 cm³/mol. The number of methoxy groups -OCH3 is 1. The normalized spacial score (nSPS) is 12.9. The molecule has 0 aliphatic carbocycles. The third-order valence-corrected chi connectivity index (χ3v) is 8.50. The fourth-order valence-corrected chi connectivity index (χ4v) is 5.50. The van der Waals surface area contributed by atoms with Gasteiger partial charge in [0.05, 0.1) is 72.5 Å². The standard InChI is InChI=1S/C29H38N2O4.C11H24O6/c1-2-28(33)31-20-18-25(19-21-31)16-17-29(34)35-30-27(32)22-26-14-12-24(13-15-26)11-7-6-10-23-8-4-3-5-9-23;1-13-4-5-15-8-9-17-11-10-16-7-6-14-3-2-12/h3-5,8-9,12-15,25H,2,6-7,10-11,16-22H2,1H3,(H,30,32);12H,2-11H2,1H3. The van der Waals surface area contributed by atoms with E-state index in [0.29, 0.717) is 71.8 Å². The summed E-state index contributed by atoms with van der Waals surface area (Å²) in [4.78, 5) is 42.8. The van der Waals surface area contributed by atoms with E-state index in [9.17, 15) is 14.4 Å². The molecule has 0 bridgehead atoms. The van der Waals surface area contributed by atoms with E-state index in [1.807, 2.05) is 30.0 Å². The molecule has 52 heavy (non-hydrogen) atoms. The first-order valence-electron chi connectivity index (χ1n) is 18.7. The molecule has 2 aromatic carbocycles. The number of benzene rings is 2. The molecule has 12 heteroatoms. The van der Waals surface area contributed by atoms with Gasteiger partial charge < -0.3 is 38.5 Å². The quantitative estimate of drug-likeness (QED) is 0.111. The molecular weight excluding hydrogens is 668 g/mol. The Morgan fingerprint density at radius 3 is 1.79 bits per heavy atom. The zero-order valence-electron chi connectivity index (χ0n) is 31.4. The lowest BCUT2D eigenvalue weighted by molar-refractivity contribution is -0.158. The van der Waals surface area contributed by atoms with Gasteiger partial charge in [-0.3, -0.25) is 9.59 Å². The molecule has 0 unspecified atom stereocenters. The number of nitrogens with one attached hydrogen (secondary N) is 1. The first kappa shape index (κ1) is 44.8. The first-order valence-corrected chi connectivity index (χ1v) is 18.7. The van der Waals surface area contributed by atoms with Gasteiger partial charge in [0.25, 0.3) is 5.91 Å². The average molecular weight is 731 g/mol. The third kappa shape index (κ3) is 22.5. The predicted octanol–water partition coefficient (Wildman–Crippen LogP) is 4.49. The van der Waals surface area contributed by atoms with E-state index in [2.05, 4.69) is 41.9 Å². The molecule has 2 aromatic rings. The van der Waals surface area contributed by atoms with Gasteiger partial charge in [0, 0.05) is 33.0 Å². The van der Waals surface area contributed by atoms with Crippen LogP contribution in [0.4, 0.5) is 0 Å². The molecule has 0 aromatic heterocycles. The summed E-state index contributed by atoms with van der Waals surface area (Å²) in [6, 6.07) is 18.6. The van der Waals surface area contributed by atoms with E-state index in [4.69, 9.17) is 33.6 Å². The fourth-order valence-electron chi connectivity index (χ4n) is 5.50. The van der Waals surface area contributed by atoms with E-state index in [1.54, 1.807) is 7.11 Å². The van der Waals surface area contributed by atoms with Crippen LogP contribution in [0.3, 0.4) is 0 Å². The van der Waals surface area contributed by atoms with Crippen LogP contribution in [0.25, 0.3) is 0 Å². The molecule has 1 fully saturated rings. The van der Waals surface area contributed by atoms with E-state index in [-0.39, 0.29) is 31.3 Å². The Bertz CT molecular complexity index is 1180. The first-order chi connectivity index (χ1) is 25.4. The van der Waals surface area contributed by atoms with Crippen LogP contribution < -0.4 is 5.48 Å². The lowest BCUT2D eigenvalue weighted by Gasteiger charge is -2.31. The minimum atomic E-state index is -0.420. The zero-order valence-corrected chi connectivity index (χ0v) is 31.4. The molecule has 1 saturated heterocycles. The monoisotopic (exact) mass is 730 g/mol. The molecule has 2 N–H and O–H groups in total. The molecule has 2 amide bonds. The highest BCUT2D eigenvalue weighted by Gasteiger charge is 2.22. The Labute approximate surface area is 310 Å². The molecule has 1 heterocycles. The number of carbonyl (C=O) groups is 3. The highest BCUT2D eigenvalue weighted by molar-refractivity contribution is 5.79. The number of piperidine rings is 1. The van der Waals surface area contributed by atoms with Crippen molar-refractivity contribution in [1.29, 1.82) is 0 Å². The molecule has 0 saturated carbocycles. The third-order valence-electron chi connectivity index (χ3n) is 8.50. The highest BCUT2D eigenvalue weighted by atomic mass is 16.7. The Morgan fingerprint density at radius 1 is 0.731 bits per heavy atom. The number of unbranched alkanes of at least 4 members (excludes halogenated alkanes) is 1. The summed E-state index contributed by atoms with van der Waals surface area (Å²) in [5.41, 5.74) is 5.81. The van der Waals surface area contributed by atoms with Gasteiger partial charge in [-0.2, -0.15) is 5.48 Å². The smallest absolute Gasteiger partial charge is 0.332 e. The second-order valence-electron chi connectivity index (χ2n) is 12.6. The second kappa shape index (κ2) is 30.1. The van der Waals surface area contributed by atoms with Gasteiger partial charge in [0.2, 0.25) is 5.91 Å². The van der Waals surface area contributed by atoms with Gasteiger partial charge in [-0.15, -0.1) is 0 Å². The molecule has 0 spiro atoms. The van der Waals surface area contributed by atoms with Gasteiger partial charge >= 0.3 is 5.97 Å². The van der Waals surface area contributed by atoms with Crippen LogP contribution >= 0.6 is 0 Å². The summed E-state index contributed by atoms with van der Waals surface area (Å²) >= 11 is 0. The number of nitrogens with zero attached hydrogens (tertiary/aromatic N) is 1. The SMILES string of the molecule is CCC(=O)N1CCC(CCC(=O)ONC(=O)Cc2ccc(CCCCc3ccccc3)cc2)CC1.COCCOCCOCCOCCOCCO. The van der Waals surface area contributed by atoms with Crippen LogP contribution in [0.1, 0.15) is 68.6 Å². The van der Waals surface area contributed by atoms with Crippen LogP contribution in [0.5, 0.6) is 0 Å². The van der Waals surface area contributed by atoms with Crippen LogP contribution in [0.15, 0.2) is 54.6 Å². The van der Waals surface area contributed by atoms with Crippen molar-refractivity contribution in [1.82, 2.24) is 10.4 Å². The number of amides is 2. The summed E-state index contributed by atoms with van der Waals surface area (Å²) in [6.45, 7) is 8.26. The van der Waals surface area contributed by atoms with Crippen LogP contribution in [-0.2, 0) is 62.2 Å². The van der Waals surface area contributed by atoms with Gasteiger partial charge in [-0.1, -0.05) is 61.5 Å². The zero-order chi connectivity index (χ0) is 37.5. The highest BCUT2D eigenvalue weighted by Crippen LogP contribution is 2.22. The Balaban J connectivity index is 0.000000465.